The quantitative estimate of drug-likeness (QED) is 0.931. The zero-order valence-electron chi connectivity index (χ0n) is 9.95. The molecule has 0 spiro atoms. The first-order valence-electron chi connectivity index (χ1n) is 5.30. The van der Waals surface area contributed by atoms with Gasteiger partial charge in [-0.1, -0.05) is 0 Å². The number of carbonyl (C=O) groups is 1. The second-order valence-electron chi connectivity index (χ2n) is 3.66. The molecule has 1 N–H and O–H groups in total. The van der Waals surface area contributed by atoms with Crippen molar-refractivity contribution in [3.8, 4) is 6.07 Å². The first-order chi connectivity index (χ1) is 9.08. The minimum atomic E-state index is -0.868. The number of aryl methyl sites for hydroxylation is 1. The Morgan fingerprint density at radius 2 is 2.42 bits per heavy atom. The normalized spacial score (nSPS) is 10.1. The summed E-state index contributed by atoms with van der Waals surface area (Å²) in [4.78, 5) is 19.9. The lowest BCUT2D eigenvalue weighted by atomic mass is 10.3. The van der Waals surface area contributed by atoms with Crippen LogP contribution in [0.3, 0.4) is 0 Å². The third-order valence-corrected chi connectivity index (χ3v) is 4.39. The molecule has 96 valence electrons. The molecule has 2 rings (SSSR count). The lowest BCUT2D eigenvalue weighted by Crippen LogP contribution is -1.99. The van der Waals surface area contributed by atoms with E-state index in [9.17, 15) is 4.79 Å². The van der Waals surface area contributed by atoms with Crippen LogP contribution in [-0.2, 0) is 11.2 Å². The van der Waals surface area contributed by atoms with Crippen molar-refractivity contribution in [3.63, 3.8) is 0 Å². The molecule has 0 aliphatic rings. The molecule has 7 heteroatoms. The Bertz CT molecular complexity index is 661. The number of pyridine rings is 1. The molecule has 0 bridgehead atoms. The molecule has 0 aliphatic heterocycles. The zero-order chi connectivity index (χ0) is 13.8. The molecule has 0 unspecified atom stereocenters. The fraction of sp³-hybridized carbons (Fsp3) is 0.167. The average Bonchev–Trinajstić information content (AvgIpc) is 2.69. The summed E-state index contributed by atoms with van der Waals surface area (Å²) in [6, 6.07) is 5.36. The number of hydrogen-bond acceptors (Lipinski definition) is 6. The summed E-state index contributed by atoms with van der Waals surface area (Å²) >= 11 is 2.68. The Morgan fingerprint density at radius 3 is 3.11 bits per heavy atom. The van der Waals surface area contributed by atoms with Crippen LogP contribution in [0.1, 0.15) is 16.1 Å². The third kappa shape index (κ3) is 3.53. The van der Waals surface area contributed by atoms with Gasteiger partial charge in [0, 0.05) is 11.1 Å². The lowest BCUT2D eigenvalue weighted by molar-refractivity contribution is -0.136. The highest BCUT2D eigenvalue weighted by molar-refractivity contribution is 8.01. The second-order valence-corrected chi connectivity index (χ2v) is 6.01. The van der Waals surface area contributed by atoms with Gasteiger partial charge in [0.25, 0.3) is 0 Å². The van der Waals surface area contributed by atoms with Crippen molar-refractivity contribution in [3.05, 3.63) is 34.5 Å². The summed E-state index contributed by atoms with van der Waals surface area (Å²) in [6.07, 6.45) is 1.55. The van der Waals surface area contributed by atoms with Crippen LogP contribution in [0.2, 0.25) is 0 Å². The molecule has 0 amide bonds. The Hall–Kier alpha value is -1.91. The third-order valence-electron chi connectivity index (χ3n) is 2.24. The first kappa shape index (κ1) is 13.5. The number of carboxylic acid groups (broad SMARTS) is 1. The highest BCUT2D eigenvalue weighted by atomic mass is 32.2. The van der Waals surface area contributed by atoms with Crippen LogP contribution >= 0.6 is 23.1 Å². The van der Waals surface area contributed by atoms with E-state index in [0.29, 0.717) is 10.6 Å². The molecule has 19 heavy (non-hydrogen) atoms. The van der Waals surface area contributed by atoms with Gasteiger partial charge in [-0.15, -0.1) is 11.3 Å². The highest BCUT2D eigenvalue weighted by Crippen LogP contribution is 2.32. The van der Waals surface area contributed by atoms with Crippen molar-refractivity contribution in [2.45, 2.75) is 22.7 Å². The van der Waals surface area contributed by atoms with Gasteiger partial charge in [0.2, 0.25) is 0 Å². The molecule has 2 aromatic heterocycles. The molecule has 0 saturated heterocycles. The maximum atomic E-state index is 10.7. The molecule has 0 saturated carbocycles. The molecule has 5 nitrogen and oxygen atoms in total. The van der Waals surface area contributed by atoms with Crippen LogP contribution < -0.4 is 0 Å². The smallest absolute Gasteiger partial charge is 0.308 e. The van der Waals surface area contributed by atoms with Crippen LogP contribution in [0.4, 0.5) is 0 Å². The number of carboxylic acids is 1. The van der Waals surface area contributed by atoms with E-state index < -0.39 is 5.97 Å². The van der Waals surface area contributed by atoms with E-state index in [0.717, 1.165) is 14.9 Å². The topological polar surface area (TPSA) is 86.9 Å². The van der Waals surface area contributed by atoms with Gasteiger partial charge in [0.1, 0.15) is 5.03 Å². The van der Waals surface area contributed by atoms with Crippen LogP contribution in [0.15, 0.2) is 27.7 Å². The SMILES string of the molecule is Cc1nc(Sc2cc(C#N)ccn2)sc1CC(=O)O. The Labute approximate surface area is 117 Å². The largest absolute Gasteiger partial charge is 0.481 e. The van der Waals surface area contributed by atoms with Crippen LogP contribution in [-0.4, -0.2) is 21.0 Å². The Morgan fingerprint density at radius 1 is 1.63 bits per heavy atom. The van der Waals surface area contributed by atoms with Gasteiger partial charge in [0.15, 0.2) is 4.34 Å². The number of rotatable bonds is 4. The summed E-state index contributed by atoms with van der Waals surface area (Å²) in [6.45, 7) is 1.79. The van der Waals surface area contributed by atoms with E-state index >= 15 is 0 Å². The standard InChI is InChI=1S/C12H9N3O2S2/c1-7-9(5-11(16)17)18-12(15-7)19-10-4-8(6-13)2-3-14-10/h2-4H,5H2,1H3,(H,16,17). The minimum Gasteiger partial charge on any atom is -0.481 e. The molecule has 0 radical (unpaired) electrons. The van der Waals surface area contributed by atoms with E-state index in [2.05, 4.69) is 9.97 Å². The molecule has 0 atom stereocenters. The maximum absolute atomic E-state index is 10.7. The number of nitrogens with zero attached hydrogens (tertiary/aromatic N) is 3. The zero-order valence-corrected chi connectivity index (χ0v) is 11.6. The van der Waals surface area contributed by atoms with E-state index in [1.807, 2.05) is 6.07 Å². The van der Waals surface area contributed by atoms with Gasteiger partial charge in [0.05, 0.1) is 23.7 Å². The monoisotopic (exact) mass is 291 g/mol. The van der Waals surface area contributed by atoms with Gasteiger partial charge < -0.3 is 5.11 Å². The first-order valence-corrected chi connectivity index (χ1v) is 6.94. The van der Waals surface area contributed by atoms with E-state index in [-0.39, 0.29) is 6.42 Å². The van der Waals surface area contributed by atoms with Gasteiger partial charge in [-0.25, -0.2) is 9.97 Å². The number of thiazole rings is 1. The van der Waals surface area contributed by atoms with Crippen molar-refractivity contribution in [1.29, 1.82) is 5.26 Å². The van der Waals surface area contributed by atoms with E-state index in [1.165, 1.54) is 23.1 Å². The molecule has 0 fully saturated rings. The van der Waals surface area contributed by atoms with Crippen LogP contribution in [0.5, 0.6) is 0 Å². The summed E-state index contributed by atoms with van der Waals surface area (Å²) in [7, 11) is 0. The number of aromatic nitrogens is 2. The van der Waals surface area contributed by atoms with Crippen LogP contribution in [0.25, 0.3) is 0 Å². The fourth-order valence-electron chi connectivity index (χ4n) is 1.37. The fourth-order valence-corrected chi connectivity index (χ4v) is 3.54. The Kier molecular flexibility index (Phi) is 4.14. The summed E-state index contributed by atoms with van der Waals surface area (Å²) in [5.41, 5.74) is 1.27. The highest BCUT2D eigenvalue weighted by Gasteiger charge is 2.12. The van der Waals surface area contributed by atoms with Crippen LogP contribution in [0, 0.1) is 18.3 Å². The predicted molar refractivity (Wildman–Crippen MR) is 71.3 cm³/mol. The van der Waals surface area contributed by atoms with Gasteiger partial charge in [-0.2, -0.15) is 5.26 Å². The summed E-state index contributed by atoms with van der Waals surface area (Å²) in [5.74, 6) is -0.868. The van der Waals surface area contributed by atoms with Crippen molar-refractivity contribution < 1.29 is 9.90 Å². The summed E-state index contributed by atoms with van der Waals surface area (Å²) in [5, 5.41) is 18.3. The molecule has 0 aromatic carbocycles. The molecular weight excluding hydrogens is 282 g/mol. The molecule has 2 heterocycles. The number of aliphatic carboxylic acids is 1. The number of nitriles is 1. The van der Waals surface area contributed by atoms with E-state index in [1.54, 1.807) is 25.3 Å². The van der Waals surface area contributed by atoms with Gasteiger partial charge >= 0.3 is 5.97 Å². The average molecular weight is 291 g/mol. The lowest BCUT2D eigenvalue weighted by Gasteiger charge is -1.96. The second kappa shape index (κ2) is 5.82. The summed E-state index contributed by atoms with van der Waals surface area (Å²) < 4.78 is 0.733. The van der Waals surface area contributed by atoms with Crippen molar-refractivity contribution >= 4 is 29.1 Å². The van der Waals surface area contributed by atoms with Gasteiger partial charge in [-0.3, -0.25) is 4.79 Å². The molecular formula is C12H9N3O2S2. The van der Waals surface area contributed by atoms with E-state index in [4.69, 9.17) is 10.4 Å². The Balaban J connectivity index is 2.19. The van der Waals surface area contributed by atoms with Crippen molar-refractivity contribution in [2.75, 3.05) is 0 Å². The predicted octanol–water partition coefficient (Wildman–Crippen LogP) is 2.50. The van der Waals surface area contributed by atoms with Crippen molar-refractivity contribution in [1.82, 2.24) is 9.97 Å². The molecule has 2 aromatic rings. The minimum absolute atomic E-state index is 0.0181. The number of hydrogen-bond donors (Lipinski definition) is 1. The molecule has 0 aliphatic carbocycles. The van der Waals surface area contributed by atoms with Gasteiger partial charge in [-0.05, 0) is 30.8 Å². The van der Waals surface area contributed by atoms with Crippen molar-refractivity contribution in [2.24, 2.45) is 0 Å². The maximum Gasteiger partial charge on any atom is 0.308 e.